The van der Waals surface area contributed by atoms with Gasteiger partial charge in [-0.2, -0.15) is 0 Å². The van der Waals surface area contributed by atoms with E-state index < -0.39 is 21.6 Å². The van der Waals surface area contributed by atoms with Gasteiger partial charge in [0.25, 0.3) is 0 Å². The lowest BCUT2D eigenvalue weighted by atomic mass is 10.1. The monoisotopic (exact) mass is 326 g/mol. The van der Waals surface area contributed by atoms with Gasteiger partial charge < -0.3 is 10.2 Å². The van der Waals surface area contributed by atoms with Crippen molar-refractivity contribution in [2.75, 3.05) is 36.2 Å². The molecule has 0 aromatic heterocycles. The van der Waals surface area contributed by atoms with Gasteiger partial charge in [-0.25, -0.2) is 0 Å². The molecule has 0 bridgehead atoms. The molecule has 2 unspecified atom stereocenters. The molecule has 0 aliphatic rings. The van der Waals surface area contributed by atoms with Gasteiger partial charge in [-0.15, -0.1) is 0 Å². The first-order valence-electron chi connectivity index (χ1n) is 7.62. The van der Waals surface area contributed by atoms with Crippen LogP contribution in [0.15, 0.2) is 0 Å². The first-order valence-corrected chi connectivity index (χ1v) is 10.6. The second kappa shape index (κ2) is 15.6. The Balaban J connectivity index is 3.13. The number of unbranched alkanes of at least 4 members (excludes halogenated alkanes) is 7. The fourth-order valence-corrected chi connectivity index (χ4v) is 3.86. The molecule has 0 aliphatic carbocycles. The highest BCUT2D eigenvalue weighted by molar-refractivity contribution is 7.85. The average molecular weight is 327 g/mol. The zero-order valence-electron chi connectivity index (χ0n) is 12.4. The maximum atomic E-state index is 11.3. The Morgan fingerprint density at radius 1 is 0.500 bits per heavy atom. The van der Waals surface area contributed by atoms with E-state index in [1.807, 2.05) is 0 Å². The predicted octanol–water partition coefficient (Wildman–Crippen LogP) is 1.59. The van der Waals surface area contributed by atoms with E-state index >= 15 is 0 Å². The van der Waals surface area contributed by atoms with Gasteiger partial charge in [0.05, 0.1) is 13.2 Å². The number of hydrogen-bond acceptors (Lipinski definition) is 4. The van der Waals surface area contributed by atoms with E-state index in [4.69, 9.17) is 10.2 Å². The van der Waals surface area contributed by atoms with Crippen LogP contribution in [0.25, 0.3) is 0 Å². The van der Waals surface area contributed by atoms with Crippen molar-refractivity contribution in [3.05, 3.63) is 0 Å². The van der Waals surface area contributed by atoms with E-state index in [0.717, 1.165) is 37.2 Å². The largest absolute Gasteiger partial charge is 0.395 e. The summed E-state index contributed by atoms with van der Waals surface area (Å²) in [7, 11) is -1.67. The first-order chi connectivity index (χ1) is 9.70. The molecule has 0 radical (unpaired) electrons. The minimum absolute atomic E-state index is 0.0235. The minimum Gasteiger partial charge on any atom is -0.395 e. The van der Waals surface area contributed by atoms with Gasteiger partial charge >= 0.3 is 0 Å². The summed E-state index contributed by atoms with van der Waals surface area (Å²) in [6.45, 7) is 0.0470. The highest BCUT2D eigenvalue weighted by Gasteiger charge is 2.00. The zero-order chi connectivity index (χ0) is 15.1. The first kappa shape index (κ1) is 20.2. The third-order valence-corrected chi connectivity index (χ3v) is 5.90. The maximum Gasteiger partial charge on any atom is 0.0546 e. The Hall–Kier alpha value is 0.220. The van der Waals surface area contributed by atoms with Crippen LogP contribution < -0.4 is 0 Å². The van der Waals surface area contributed by atoms with Crippen molar-refractivity contribution >= 4 is 21.6 Å². The number of hydrogen-bond donors (Lipinski definition) is 2. The van der Waals surface area contributed by atoms with Crippen LogP contribution in [0.2, 0.25) is 0 Å². The van der Waals surface area contributed by atoms with E-state index in [9.17, 15) is 8.42 Å². The smallest absolute Gasteiger partial charge is 0.0546 e. The highest BCUT2D eigenvalue weighted by atomic mass is 32.2. The van der Waals surface area contributed by atoms with Gasteiger partial charge in [0.2, 0.25) is 0 Å². The molecule has 20 heavy (non-hydrogen) atoms. The van der Waals surface area contributed by atoms with Crippen molar-refractivity contribution in [2.45, 2.75) is 51.4 Å². The van der Waals surface area contributed by atoms with Gasteiger partial charge in [-0.1, -0.05) is 38.5 Å². The Kier molecular flexibility index (Phi) is 15.8. The van der Waals surface area contributed by atoms with Crippen LogP contribution in [0.5, 0.6) is 0 Å². The van der Waals surface area contributed by atoms with E-state index in [0.29, 0.717) is 11.5 Å². The molecule has 4 nitrogen and oxygen atoms in total. The van der Waals surface area contributed by atoms with Crippen LogP contribution in [0.3, 0.4) is 0 Å². The van der Waals surface area contributed by atoms with Crippen molar-refractivity contribution in [1.82, 2.24) is 0 Å². The molecule has 0 saturated carbocycles. The second-order valence-corrected chi connectivity index (χ2v) is 8.36. The molecule has 0 fully saturated rings. The number of aliphatic hydroxyl groups excluding tert-OH is 2. The summed E-state index contributed by atoms with van der Waals surface area (Å²) in [5.74, 6) is 2.27. The van der Waals surface area contributed by atoms with E-state index in [-0.39, 0.29) is 13.2 Å². The Labute approximate surface area is 128 Å². The minimum atomic E-state index is -0.835. The summed E-state index contributed by atoms with van der Waals surface area (Å²) in [6.07, 6.45) is 9.03. The molecular weight excluding hydrogens is 296 g/mol. The molecule has 0 aliphatic heterocycles. The fourth-order valence-electron chi connectivity index (χ4n) is 1.99. The highest BCUT2D eigenvalue weighted by Crippen LogP contribution is 2.09. The molecule has 6 heteroatoms. The molecule has 2 atom stereocenters. The normalized spacial score (nSPS) is 14.3. The third-order valence-electron chi connectivity index (χ3n) is 3.13. The van der Waals surface area contributed by atoms with Crippen molar-refractivity contribution < 1.29 is 18.6 Å². The van der Waals surface area contributed by atoms with Crippen LogP contribution in [-0.4, -0.2) is 54.9 Å². The standard InChI is InChI=1S/C14H30O4S2/c15-9-13-19(17)11-7-5-3-1-2-4-6-8-12-20(18)14-10-16/h15-16H,1-14H2. The molecule has 0 saturated heterocycles. The summed E-state index contributed by atoms with van der Waals surface area (Å²) >= 11 is 0. The topological polar surface area (TPSA) is 74.6 Å². The summed E-state index contributed by atoms with van der Waals surface area (Å²) in [5.41, 5.74) is 0. The molecule has 0 aromatic carbocycles. The lowest BCUT2D eigenvalue weighted by molar-refractivity contribution is 0.321. The summed E-state index contributed by atoms with van der Waals surface area (Å²) < 4.78 is 22.5. The van der Waals surface area contributed by atoms with Gasteiger partial charge in [0, 0.05) is 44.6 Å². The van der Waals surface area contributed by atoms with Crippen LogP contribution in [0, 0.1) is 0 Å². The van der Waals surface area contributed by atoms with Gasteiger partial charge in [-0.3, -0.25) is 8.42 Å². The SMILES string of the molecule is O=S(CCO)CCCCCCCCCCS(=O)CCO. The lowest BCUT2D eigenvalue weighted by Crippen LogP contribution is -2.06. The van der Waals surface area contributed by atoms with Crippen molar-refractivity contribution in [3.8, 4) is 0 Å². The fraction of sp³-hybridized carbons (Fsp3) is 1.00. The van der Waals surface area contributed by atoms with E-state index in [2.05, 4.69) is 0 Å². The zero-order valence-corrected chi connectivity index (χ0v) is 14.1. The van der Waals surface area contributed by atoms with Crippen LogP contribution in [0.1, 0.15) is 51.4 Å². The third kappa shape index (κ3) is 14.6. The molecule has 0 rings (SSSR count). The summed E-state index contributed by atoms with van der Waals surface area (Å²) in [5, 5.41) is 17.2. The number of rotatable bonds is 15. The maximum absolute atomic E-state index is 11.3. The molecule has 0 aromatic rings. The predicted molar refractivity (Wildman–Crippen MR) is 86.9 cm³/mol. The molecule has 0 spiro atoms. The van der Waals surface area contributed by atoms with Crippen LogP contribution in [-0.2, 0) is 21.6 Å². The molecule has 2 N–H and O–H groups in total. The Morgan fingerprint density at radius 2 is 0.800 bits per heavy atom. The van der Waals surface area contributed by atoms with E-state index in [1.165, 1.54) is 25.7 Å². The van der Waals surface area contributed by atoms with Crippen molar-refractivity contribution in [3.63, 3.8) is 0 Å². The number of aliphatic hydroxyl groups is 2. The van der Waals surface area contributed by atoms with Crippen molar-refractivity contribution in [2.24, 2.45) is 0 Å². The second-order valence-electron chi connectivity index (χ2n) is 4.97. The Bertz CT molecular complexity index is 234. The van der Waals surface area contributed by atoms with Crippen LogP contribution >= 0.6 is 0 Å². The Morgan fingerprint density at radius 3 is 1.10 bits per heavy atom. The molecule has 122 valence electrons. The summed E-state index contributed by atoms with van der Waals surface area (Å²) in [4.78, 5) is 0. The quantitative estimate of drug-likeness (QED) is 0.448. The van der Waals surface area contributed by atoms with Gasteiger partial charge in [-0.05, 0) is 12.8 Å². The average Bonchev–Trinajstić information content (AvgIpc) is 2.41. The van der Waals surface area contributed by atoms with Gasteiger partial charge in [0.1, 0.15) is 0 Å². The molecule has 0 amide bonds. The van der Waals surface area contributed by atoms with Crippen LogP contribution in [0.4, 0.5) is 0 Å². The van der Waals surface area contributed by atoms with Gasteiger partial charge in [0.15, 0.2) is 0 Å². The molecule has 0 heterocycles. The lowest BCUT2D eigenvalue weighted by Gasteiger charge is -2.03. The molecular formula is C14H30O4S2. The summed E-state index contributed by atoms with van der Waals surface area (Å²) in [6, 6.07) is 0. The van der Waals surface area contributed by atoms with E-state index in [1.54, 1.807) is 0 Å². The van der Waals surface area contributed by atoms with Crippen molar-refractivity contribution in [1.29, 1.82) is 0 Å².